The number of imidazole rings is 1. The number of nitrogens with zero attached hydrogens (tertiary/aromatic N) is 2. The summed E-state index contributed by atoms with van der Waals surface area (Å²) in [5, 5.41) is 0. The maximum Gasteiger partial charge on any atom is 0.200 e. The normalized spacial score (nSPS) is 10.3. The number of hydrogen-bond donors (Lipinski definition) is 0. The summed E-state index contributed by atoms with van der Waals surface area (Å²) in [7, 11) is 0. The van der Waals surface area contributed by atoms with Crippen molar-refractivity contribution >= 4 is 5.65 Å². The van der Waals surface area contributed by atoms with Crippen LogP contribution in [0.15, 0.2) is 79.0 Å². The van der Waals surface area contributed by atoms with Crippen molar-refractivity contribution in [3.05, 3.63) is 90.3 Å². The number of pyridine rings is 1. The van der Waals surface area contributed by atoms with E-state index in [1.807, 2.05) is 63.4 Å². The van der Waals surface area contributed by atoms with Crippen molar-refractivity contribution in [1.82, 2.24) is 9.38 Å². The average Bonchev–Trinajstić information content (AvgIpc) is 3.10. The Morgan fingerprint density at radius 2 is 1.50 bits per heavy atom. The van der Waals surface area contributed by atoms with Gasteiger partial charge in [-0.1, -0.05) is 74.5 Å². The summed E-state index contributed by atoms with van der Waals surface area (Å²) < 4.78 is 8.18. The van der Waals surface area contributed by atoms with Gasteiger partial charge in [-0.2, -0.15) is 0 Å². The maximum atomic E-state index is 6.13. The molecule has 0 aliphatic rings. The van der Waals surface area contributed by atoms with Crippen LogP contribution in [0.2, 0.25) is 0 Å². The second-order valence-corrected chi connectivity index (χ2v) is 5.82. The predicted molar refractivity (Wildman–Crippen MR) is 107 cm³/mol. The number of aryl methyl sites for hydroxylation is 1. The third kappa shape index (κ3) is 3.77. The van der Waals surface area contributed by atoms with Crippen molar-refractivity contribution in [3.8, 4) is 17.0 Å². The van der Waals surface area contributed by atoms with E-state index in [9.17, 15) is 0 Å². The smallest absolute Gasteiger partial charge is 0.200 e. The third-order valence-corrected chi connectivity index (χ3v) is 4.09. The Morgan fingerprint density at radius 3 is 2.19 bits per heavy atom. The first-order chi connectivity index (χ1) is 12.8. The summed E-state index contributed by atoms with van der Waals surface area (Å²) in [6.07, 6.45) is 1.87. The molecule has 0 aliphatic heterocycles. The Morgan fingerprint density at radius 1 is 0.846 bits per heavy atom. The van der Waals surface area contributed by atoms with E-state index in [-0.39, 0.29) is 0 Å². The van der Waals surface area contributed by atoms with Gasteiger partial charge in [0.2, 0.25) is 0 Å². The first-order valence-electron chi connectivity index (χ1n) is 9.01. The summed E-state index contributed by atoms with van der Waals surface area (Å²) in [5.41, 5.74) is 5.38. The zero-order valence-electron chi connectivity index (χ0n) is 15.5. The molecule has 4 rings (SSSR count). The molecule has 3 nitrogen and oxygen atoms in total. The molecule has 0 atom stereocenters. The van der Waals surface area contributed by atoms with Crippen LogP contribution in [-0.4, -0.2) is 9.38 Å². The van der Waals surface area contributed by atoms with E-state index >= 15 is 0 Å². The summed E-state index contributed by atoms with van der Waals surface area (Å²) in [4.78, 5) is 4.50. The highest BCUT2D eigenvalue weighted by atomic mass is 16.5. The van der Waals surface area contributed by atoms with Crippen LogP contribution in [-0.2, 0) is 6.61 Å². The molecule has 0 unspecified atom stereocenters. The molecule has 2 aromatic heterocycles. The van der Waals surface area contributed by atoms with Crippen LogP contribution in [0.25, 0.3) is 16.8 Å². The van der Waals surface area contributed by atoms with Gasteiger partial charge in [-0.05, 0) is 29.7 Å². The lowest BCUT2D eigenvalue weighted by atomic mass is 10.1. The minimum atomic E-state index is 0.534. The molecular formula is C23H24N2O. The fraction of sp³-hybridized carbons (Fsp3) is 0.174. The number of hydrogen-bond acceptors (Lipinski definition) is 2. The molecule has 4 aromatic rings. The van der Waals surface area contributed by atoms with Gasteiger partial charge in [0.1, 0.15) is 12.3 Å². The molecule has 0 aliphatic carbocycles. The molecule has 3 heteroatoms. The van der Waals surface area contributed by atoms with Gasteiger partial charge >= 0.3 is 0 Å². The number of rotatable bonds is 4. The van der Waals surface area contributed by atoms with Gasteiger partial charge < -0.3 is 4.74 Å². The second kappa shape index (κ2) is 8.34. The van der Waals surface area contributed by atoms with E-state index in [2.05, 4.69) is 45.8 Å². The molecule has 0 amide bonds. The SMILES string of the molecule is CC.Cc1cnc2cc(-c3ccccc3)cc(OCc3ccccc3)n12. The molecule has 0 spiro atoms. The van der Waals surface area contributed by atoms with Crippen LogP contribution in [0, 0.1) is 6.92 Å². The van der Waals surface area contributed by atoms with E-state index in [1.54, 1.807) is 0 Å². The second-order valence-electron chi connectivity index (χ2n) is 5.82. The summed E-state index contributed by atoms with van der Waals surface area (Å²) >= 11 is 0. The van der Waals surface area contributed by atoms with Crippen LogP contribution >= 0.6 is 0 Å². The van der Waals surface area contributed by atoms with Crippen LogP contribution in [0.4, 0.5) is 0 Å². The molecule has 0 fully saturated rings. The number of aromatic nitrogens is 2. The van der Waals surface area contributed by atoms with Gasteiger partial charge in [-0.25, -0.2) is 4.98 Å². The summed E-state index contributed by atoms with van der Waals surface area (Å²) in [5.74, 6) is 0.810. The van der Waals surface area contributed by atoms with E-state index in [4.69, 9.17) is 4.74 Å². The van der Waals surface area contributed by atoms with Gasteiger partial charge in [-0.3, -0.25) is 4.40 Å². The van der Waals surface area contributed by atoms with Gasteiger partial charge in [0.25, 0.3) is 0 Å². The largest absolute Gasteiger partial charge is 0.474 e. The van der Waals surface area contributed by atoms with Crippen LogP contribution < -0.4 is 4.74 Å². The topological polar surface area (TPSA) is 26.5 Å². The van der Waals surface area contributed by atoms with Crippen LogP contribution in [0.1, 0.15) is 25.1 Å². The van der Waals surface area contributed by atoms with Crippen molar-refractivity contribution in [2.75, 3.05) is 0 Å². The quantitative estimate of drug-likeness (QED) is 0.460. The number of fused-ring (bicyclic) bond motifs is 1. The molecule has 0 N–H and O–H groups in total. The highest BCUT2D eigenvalue weighted by molar-refractivity contribution is 5.69. The van der Waals surface area contributed by atoms with Crippen molar-refractivity contribution in [3.63, 3.8) is 0 Å². The predicted octanol–water partition coefficient (Wildman–Crippen LogP) is 5.91. The molecule has 132 valence electrons. The van der Waals surface area contributed by atoms with E-state index in [0.717, 1.165) is 33.9 Å². The Hall–Kier alpha value is -3.07. The highest BCUT2D eigenvalue weighted by Gasteiger charge is 2.10. The third-order valence-electron chi connectivity index (χ3n) is 4.09. The maximum absolute atomic E-state index is 6.13. The van der Waals surface area contributed by atoms with E-state index < -0.39 is 0 Å². The van der Waals surface area contributed by atoms with Crippen LogP contribution in [0.5, 0.6) is 5.88 Å². The lowest BCUT2D eigenvalue weighted by molar-refractivity contribution is 0.289. The molecule has 0 radical (unpaired) electrons. The van der Waals surface area contributed by atoms with E-state index in [1.165, 1.54) is 0 Å². The summed E-state index contributed by atoms with van der Waals surface area (Å²) in [6, 6.07) is 24.7. The van der Waals surface area contributed by atoms with Crippen LogP contribution in [0.3, 0.4) is 0 Å². The van der Waals surface area contributed by atoms with Crippen molar-refractivity contribution in [1.29, 1.82) is 0 Å². The molecule has 0 saturated heterocycles. The molecular weight excluding hydrogens is 320 g/mol. The van der Waals surface area contributed by atoms with Gasteiger partial charge in [0, 0.05) is 18.0 Å². The lowest BCUT2D eigenvalue weighted by Crippen LogP contribution is -2.02. The lowest BCUT2D eigenvalue weighted by Gasteiger charge is -2.12. The monoisotopic (exact) mass is 344 g/mol. The van der Waals surface area contributed by atoms with Crippen molar-refractivity contribution in [2.24, 2.45) is 0 Å². The molecule has 2 aromatic carbocycles. The standard InChI is InChI=1S/C21H18N2O.C2H6/c1-16-14-22-20-12-19(18-10-6-3-7-11-18)13-21(23(16)20)24-15-17-8-4-2-5-9-17;1-2/h2-14H,15H2,1H3;1-2H3. The fourth-order valence-electron chi connectivity index (χ4n) is 2.86. The van der Waals surface area contributed by atoms with Gasteiger partial charge in [0.05, 0.1) is 0 Å². The number of benzene rings is 2. The first kappa shape index (κ1) is 17.7. The zero-order valence-corrected chi connectivity index (χ0v) is 15.5. The Kier molecular flexibility index (Phi) is 5.69. The highest BCUT2D eigenvalue weighted by Crippen LogP contribution is 2.27. The molecule has 26 heavy (non-hydrogen) atoms. The van der Waals surface area contributed by atoms with Crippen molar-refractivity contribution in [2.45, 2.75) is 27.4 Å². The Bertz CT molecular complexity index is 960. The van der Waals surface area contributed by atoms with Gasteiger partial charge in [0.15, 0.2) is 5.88 Å². The molecule has 0 saturated carbocycles. The summed E-state index contributed by atoms with van der Waals surface area (Å²) in [6.45, 7) is 6.57. The van der Waals surface area contributed by atoms with Crippen molar-refractivity contribution < 1.29 is 4.74 Å². The van der Waals surface area contributed by atoms with Gasteiger partial charge in [-0.15, -0.1) is 0 Å². The molecule has 2 heterocycles. The molecule has 0 bridgehead atoms. The fourth-order valence-corrected chi connectivity index (χ4v) is 2.86. The zero-order chi connectivity index (χ0) is 18.4. The minimum Gasteiger partial charge on any atom is -0.474 e. The Labute approximate surface area is 154 Å². The minimum absolute atomic E-state index is 0.534. The Balaban J connectivity index is 0.000000948. The average molecular weight is 344 g/mol. The first-order valence-corrected chi connectivity index (χ1v) is 9.01. The number of ether oxygens (including phenoxy) is 1. The van der Waals surface area contributed by atoms with E-state index in [0.29, 0.717) is 6.61 Å².